The number of urea groups is 1. The second-order valence-corrected chi connectivity index (χ2v) is 7.83. The fourth-order valence-corrected chi connectivity index (χ4v) is 4.64. The van der Waals surface area contributed by atoms with Crippen molar-refractivity contribution in [1.82, 2.24) is 15.5 Å². The summed E-state index contributed by atoms with van der Waals surface area (Å²) >= 11 is 0. The Labute approximate surface area is 129 Å². The SMILES string of the molecule is CN(C)C1CCC(NC(=O)NC23CCC(CC2)CC3)CC1. The molecule has 21 heavy (non-hydrogen) atoms. The molecule has 4 saturated carbocycles. The van der Waals surface area contributed by atoms with Crippen LogP contribution in [0.1, 0.15) is 64.2 Å². The third-order valence-electron chi connectivity index (χ3n) is 6.23. The predicted octanol–water partition coefficient (Wildman–Crippen LogP) is 2.88. The summed E-state index contributed by atoms with van der Waals surface area (Å²) in [5.41, 5.74) is 0.125. The van der Waals surface area contributed by atoms with E-state index in [0.717, 1.165) is 18.8 Å². The molecule has 4 fully saturated rings. The monoisotopic (exact) mass is 293 g/mol. The van der Waals surface area contributed by atoms with Crippen LogP contribution in [0.4, 0.5) is 4.79 Å². The molecule has 0 aromatic heterocycles. The molecule has 0 saturated heterocycles. The van der Waals surface area contributed by atoms with Crippen LogP contribution < -0.4 is 10.6 Å². The number of nitrogens with zero attached hydrogens (tertiary/aromatic N) is 1. The van der Waals surface area contributed by atoms with Crippen molar-refractivity contribution in [3.05, 3.63) is 0 Å². The standard InChI is InChI=1S/C17H31N3O/c1-20(2)15-5-3-14(4-6-15)18-16(21)19-17-10-7-13(8-11-17)9-12-17/h13-15H,3-12H2,1-2H3,(H2,18,19,21). The van der Waals surface area contributed by atoms with Gasteiger partial charge in [-0.2, -0.15) is 0 Å². The summed E-state index contributed by atoms with van der Waals surface area (Å²) in [5.74, 6) is 0.943. The molecule has 0 radical (unpaired) electrons. The van der Waals surface area contributed by atoms with E-state index in [-0.39, 0.29) is 11.6 Å². The molecular weight excluding hydrogens is 262 g/mol. The van der Waals surface area contributed by atoms with Crippen LogP contribution in [0.2, 0.25) is 0 Å². The summed E-state index contributed by atoms with van der Waals surface area (Å²) in [7, 11) is 4.31. The number of nitrogens with one attached hydrogen (secondary N) is 2. The Kier molecular flexibility index (Phi) is 4.43. The maximum absolute atomic E-state index is 12.3. The first-order valence-electron chi connectivity index (χ1n) is 8.81. The van der Waals surface area contributed by atoms with Gasteiger partial charge in [0.15, 0.2) is 0 Å². The Morgan fingerprint density at radius 1 is 0.952 bits per heavy atom. The smallest absolute Gasteiger partial charge is 0.315 e. The fourth-order valence-electron chi connectivity index (χ4n) is 4.64. The van der Waals surface area contributed by atoms with Crippen molar-refractivity contribution in [3.8, 4) is 0 Å². The predicted molar refractivity (Wildman–Crippen MR) is 85.3 cm³/mol. The van der Waals surface area contributed by atoms with Gasteiger partial charge in [-0.05, 0) is 84.2 Å². The fraction of sp³-hybridized carbons (Fsp3) is 0.941. The number of hydrogen-bond acceptors (Lipinski definition) is 2. The molecule has 0 aliphatic heterocycles. The Hall–Kier alpha value is -0.770. The molecular formula is C17H31N3O. The summed E-state index contributed by atoms with van der Waals surface area (Å²) in [6.07, 6.45) is 12.2. The van der Waals surface area contributed by atoms with Crippen LogP contribution in [0.3, 0.4) is 0 Å². The number of carbonyl (C=O) groups excluding carboxylic acids is 1. The maximum atomic E-state index is 12.3. The van der Waals surface area contributed by atoms with Crippen molar-refractivity contribution < 1.29 is 4.79 Å². The second-order valence-electron chi connectivity index (χ2n) is 7.83. The number of hydrogen-bond donors (Lipinski definition) is 2. The molecule has 2 bridgehead atoms. The highest BCUT2D eigenvalue weighted by molar-refractivity contribution is 5.75. The molecule has 4 rings (SSSR count). The molecule has 4 aliphatic carbocycles. The molecule has 4 aliphatic rings. The zero-order valence-corrected chi connectivity index (χ0v) is 13.7. The summed E-state index contributed by atoms with van der Waals surface area (Å²) in [4.78, 5) is 14.7. The van der Waals surface area contributed by atoms with Gasteiger partial charge in [-0.1, -0.05) is 0 Å². The molecule has 2 N–H and O–H groups in total. The first-order chi connectivity index (χ1) is 10.1. The van der Waals surface area contributed by atoms with E-state index >= 15 is 0 Å². The van der Waals surface area contributed by atoms with Crippen LogP contribution in [-0.4, -0.2) is 42.6 Å². The molecule has 4 nitrogen and oxygen atoms in total. The van der Waals surface area contributed by atoms with E-state index in [2.05, 4.69) is 29.6 Å². The minimum atomic E-state index is 0.0867. The molecule has 0 heterocycles. The van der Waals surface area contributed by atoms with E-state index in [1.807, 2.05) is 0 Å². The van der Waals surface area contributed by atoms with Crippen molar-refractivity contribution in [1.29, 1.82) is 0 Å². The van der Waals surface area contributed by atoms with E-state index in [4.69, 9.17) is 0 Å². The minimum Gasteiger partial charge on any atom is -0.335 e. The van der Waals surface area contributed by atoms with Gasteiger partial charge in [-0.3, -0.25) is 0 Å². The van der Waals surface area contributed by atoms with E-state index < -0.39 is 0 Å². The molecule has 0 spiro atoms. The normalized spacial score (nSPS) is 39.3. The summed E-state index contributed by atoms with van der Waals surface area (Å²) in [6.45, 7) is 0. The van der Waals surface area contributed by atoms with Gasteiger partial charge in [0.2, 0.25) is 0 Å². The van der Waals surface area contributed by atoms with E-state index in [0.29, 0.717) is 12.1 Å². The van der Waals surface area contributed by atoms with E-state index in [9.17, 15) is 4.79 Å². The lowest BCUT2D eigenvalue weighted by atomic mass is 9.66. The Morgan fingerprint density at radius 2 is 1.52 bits per heavy atom. The van der Waals surface area contributed by atoms with Gasteiger partial charge in [0.25, 0.3) is 0 Å². The highest BCUT2D eigenvalue weighted by Gasteiger charge is 2.41. The lowest BCUT2D eigenvalue weighted by Crippen LogP contribution is -2.57. The van der Waals surface area contributed by atoms with Gasteiger partial charge in [0.1, 0.15) is 0 Å². The topological polar surface area (TPSA) is 44.4 Å². The van der Waals surface area contributed by atoms with Crippen LogP contribution in [-0.2, 0) is 0 Å². The second kappa shape index (κ2) is 6.15. The van der Waals surface area contributed by atoms with Crippen LogP contribution in [0, 0.1) is 5.92 Å². The van der Waals surface area contributed by atoms with Gasteiger partial charge >= 0.3 is 6.03 Å². The quantitative estimate of drug-likeness (QED) is 0.840. The van der Waals surface area contributed by atoms with Gasteiger partial charge < -0.3 is 15.5 Å². The highest BCUT2D eigenvalue weighted by Crippen LogP contribution is 2.44. The Morgan fingerprint density at radius 3 is 2.05 bits per heavy atom. The Bertz CT molecular complexity index is 352. The highest BCUT2D eigenvalue weighted by atomic mass is 16.2. The Balaban J connectivity index is 1.44. The van der Waals surface area contributed by atoms with Crippen molar-refractivity contribution in [2.45, 2.75) is 81.8 Å². The van der Waals surface area contributed by atoms with Gasteiger partial charge in [-0.15, -0.1) is 0 Å². The summed E-state index contributed by atoms with van der Waals surface area (Å²) in [5, 5.41) is 6.57. The van der Waals surface area contributed by atoms with E-state index in [1.54, 1.807) is 0 Å². The zero-order valence-electron chi connectivity index (χ0n) is 13.7. The van der Waals surface area contributed by atoms with Crippen LogP contribution >= 0.6 is 0 Å². The molecule has 2 amide bonds. The van der Waals surface area contributed by atoms with Crippen molar-refractivity contribution in [2.75, 3.05) is 14.1 Å². The lowest BCUT2D eigenvalue weighted by molar-refractivity contribution is 0.109. The average molecular weight is 293 g/mol. The molecule has 0 unspecified atom stereocenters. The van der Waals surface area contributed by atoms with E-state index in [1.165, 1.54) is 51.4 Å². The average Bonchev–Trinajstić information content (AvgIpc) is 2.49. The zero-order chi connectivity index (χ0) is 14.9. The minimum absolute atomic E-state index is 0.0867. The largest absolute Gasteiger partial charge is 0.335 e. The number of rotatable bonds is 3. The van der Waals surface area contributed by atoms with Gasteiger partial charge in [0.05, 0.1) is 0 Å². The molecule has 0 aromatic rings. The van der Waals surface area contributed by atoms with Crippen molar-refractivity contribution in [3.63, 3.8) is 0 Å². The third-order valence-corrected chi connectivity index (χ3v) is 6.23. The first-order valence-corrected chi connectivity index (χ1v) is 8.81. The van der Waals surface area contributed by atoms with Crippen molar-refractivity contribution >= 4 is 6.03 Å². The number of fused-ring (bicyclic) bond motifs is 3. The summed E-state index contributed by atoms with van der Waals surface area (Å²) < 4.78 is 0. The van der Waals surface area contributed by atoms with Crippen LogP contribution in [0.15, 0.2) is 0 Å². The van der Waals surface area contributed by atoms with Gasteiger partial charge in [-0.25, -0.2) is 4.79 Å². The summed E-state index contributed by atoms with van der Waals surface area (Å²) in [6, 6.07) is 1.15. The molecule has 120 valence electrons. The van der Waals surface area contributed by atoms with Crippen molar-refractivity contribution in [2.24, 2.45) is 5.92 Å². The van der Waals surface area contributed by atoms with Gasteiger partial charge in [0, 0.05) is 17.6 Å². The third kappa shape index (κ3) is 3.53. The lowest BCUT2D eigenvalue weighted by Gasteiger charge is -2.47. The molecule has 0 atom stereocenters. The molecule has 4 heteroatoms. The van der Waals surface area contributed by atoms with Crippen LogP contribution in [0.5, 0.6) is 0 Å². The first kappa shape index (κ1) is 15.1. The molecule has 0 aromatic carbocycles. The number of carbonyl (C=O) groups is 1. The van der Waals surface area contributed by atoms with Crippen LogP contribution in [0.25, 0.3) is 0 Å². The maximum Gasteiger partial charge on any atom is 0.315 e. The number of amides is 2.